The van der Waals surface area contributed by atoms with Gasteiger partial charge in [0.1, 0.15) is 54.9 Å². The van der Waals surface area contributed by atoms with Crippen molar-refractivity contribution >= 4 is 5.97 Å². The van der Waals surface area contributed by atoms with Crippen LogP contribution in [0.3, 0.4) is 0 Å². The maximum Gasteiger partial charge on any atom is 0.306 e. The third-order valence-electron chi connectivity index (χ3n) is 11.7. The van der Waals surface area contributed by atoms with Crippen molar-refractivity contribution in [3.05, 3.63) is 24.3 Å². The first-order chi connectivity index (χ1) is 30.1. The fourth-order valence-electron chi connectivity index (χ4n) is 7.67. The van der Waals surface area contributed by atoms with Gasteiger partial charge in [-0.15, -0.1) is 0 Å². The fraction of sp³-hybridized carbons (Fsp3) is 0.896. The van der Waals surface area contributed by atoms with Gasteiger partial charge in [-0.2, -0.15) is 0 Å². The number of carbonyl (C=O) groups excluding carboxylic acids is 1. The molecular formula is C48H88O14. The van der Waals surface area contributed by atoms with Crippen molar-refractivity contribution in [3.63, 3.8) is 0 Å². The summed E-state index contributed by atoms with van der Waals surface area (Å²) >= 11 is 0. The maximum atomic E-state index is 12.8. The van der Waals surface area contributed by atoms with Crippen LogP contribution in [-0.2, 0) is 33.2 Å². The molecule has 0 spiro atoms. The van der Waals surface area contributed by atoms with E-state index in [1.165, 1.54) is 96.3 Å². The summed E-state index contributed by atoms with van der Waals surface area (Å²) in [5.74, 6) is -0.386. The Morgan fingerprint density at radius 1 is 0.532 bits per heavy atom. The molecule has 14 nitrogen and oxygen atoms in total. The molecule has 0 saturated carbocycles. The highest BCUT2D eigenvalue weighted by molar-refractivity contribution is 5.69. The van der Waals surface area contributed by atoms with Crippen LogP contribution in [0, 0.1) is 0 Å². The molecule has 2 aliphatic rings. The zero-order valence-electron chi connectivity index (χ0n) is 38.4. The van der Waals surface area contributed by atoms with Crippen LogP contribution in [0.25, 0.3) is 0 Å². The molecule has 0 bridgehead atoms. The number of unbranched alkanes of at least 4 members (excludes halogenated alkanes) is 20. The molecule has 14 heteroatoms. The molecule has 7 N–H and O–H groups in total. The van der Waals surface area contributed by atoms with Gasteiger partial charge in [0.15, 0.2) is 12.6 Å². The summed E-state index contributed by atoms with van der Waals surface area (Å²) in [5.41, 5.74) is 0. The van der Waals surface area contributed by atoms with E-state index in [4.69, 9.17) is 28.4 Å². The molecule has 2 rings (SSSR count). The van der Waals surface area contributed by atoms with Gasteiger partial charge in [-0.25, -0.2) is 0 Å². The second-order valence-electron chi connectivity index (χ2n) is 17.3. The molecule has 2 saturated heterocycles. The Balaban J connectivity index is 1.68. The number of aliphatic hydroxyl groups is 7. The maximum absolute atomic E-state index is 12.8. The second-order valence-corrected chi connectivity index (χ2v) is 17.3. The average Bonchev–Trinajstić information content (AvgIpc) is 3.27. The summed E-state index contributed by atoms with van der Waals surface area (Å²) < 4.78 is 34.1. The standard InChI is InChI=1S/C48H88O14/c1-3-5-7-9-11-12-13-14-15-16-17-18-19-20-21-22-23-24-25-26-28-30-32-57-34-37(60-40(50)31-29-27-10-8-6-4-2)35-58-47-46(56)44(54)42(52)39(62-47)36-59-48-45(55)43(53)41(51)38(33-49)61-48/h13-14,16-17,37-39,41-49,51-56H,3-12,15,18-36H2,1-2H3/b14-13-,17-16-. The Labute approximate surface area is 373 Å². The summed E-state index contributed by atoms with van der Waals surface area (Å²) in [4.78, 5) is 12.8. The highest BCUT2D eigenvalue weighted by Gasteiger charge is 2.47. The van der Waals surface area contributed by atoms with Crippen molar-refractivity contribution in [1.82, 2.24) is 0 Å². The van der Waals surface area contributed by atoms with Gasteiger partial charge in [0.25, 0.3) is 0 Å². The number of aliphatic hydroxyl groups excluding tert-OH is 7. The predicted molar refractivity (Wildman–Crippen MR) is 238 cm³/mol. The van der Waals surface area contributed by atoms with E-state index in [1.54, 1.807) is 0 Å². The lowest BCUT2D eigenvalue weighted by Crippen LogP contribution is -2.61. The number of carbonyl (C=O) groups is 1. The van der Waals surface area contributed by atoms with Crippen LogP contribution in [0.4, 0.5) is 0 Å². The van der Waals surface area contributed by atoms with Crippen LogP contribution in [0.15, 0.2) is 24.3 Å². The van der Waals surface area contributed by atoms with Crippen LogP contribution in [-0.4, -0.2) is 142 Å². The molecule has 364 valence electrons. The molecular weight excluding hydrogens is 801 g/mol. The topological polar surface area (TPSA) is 214 Å². The Kier molecular flexibility index (Phi) is 33.5. The Morgan fingerprint density at radius 3 is 1.55 bits per heavy atom. The summed E-state index contributed by atoms with van der Waals surface area (Å²) in [6.07, 6.45) is 21.5. The second kappa shape index (κ2) is 36.7. The third kappa shape index (κ3) is 24.7. The normalized spacial score (nSPS) is 27.4. The molecule has 2 fully saturated rings. The molecule has 11 atom stereocenters. The van der Waals surface area contributed by atoms with E-state index in [-0.39, 0.29) is 25.6 Å². The van der Waals surface area contributed by atoms with Gasteiger partial charge in [-0.1, -0.05) is 147 Å². The number of rotatable bonds is 38. The average molecular weight is 889 g/mol. The van der Waals surface area contributed by atoms with E-state index in [0.29, 0.717) is 13.0 Å². The number of ether oxygens (including phenoxy) is 6. The van der Waals surface area contributed by atoms with E-state index in [0.717, 1.165) is 51.4 Å². The van der Waals surface area contributed by atoms with Gasteiger partial charge >= 0.3 is 5.97 Å². The lowest BCUT2D eigenvalue weighted by atomic mass is 9.98. The van der Waals surface area contributed by atoms with Crippen LogP contribution in [0.5, 0.6) is 0 Å². The molecule has 11 unspecified atom stereocenters. The van der Waals surface area contributed by atoms with Crippen molar-refractivity contribution in [2.24, 2.45) is 0 Å². The summed E-state index contributed by atoms with van der Waals surface area (Å²) in [6, 6.07) is 0. The largest absolute Gasteiger partial charge is 0.457 e. The van der Waals surface area contributed by atoms with E-state index >= 15 is 0 Å². The first kappa shape index (κ1) is 56.6. The van der Waals surface area contributed by atoms with Gasteiger partial charge in [-0.05, 0) is 44.9 Å². The van der Waals surface area contributed by atoms with E-state index < -0.39 is 80.7 Å². The Bertz CT molecular complexity index is 1120. The number of hydrogen-bond donors (Lipinski definition) is 7. The molecule has 0 aliphatic carbocycles. The van der Waals surface area contributed by atoms with E-state index in [9.17, 15) is 40.5 Å². The molecule has 0 aromatic heterocycles. The zero-order valence-corrected chi connectivity index (χ0v) is 38.4. The van der Waals surface area contributed by atoms with Gasteiger partial charge in [0, 0.05) is 13.0 Å². The van der Waals surface area contributed by atoms with Gasteiger partial charge in [0.2, 0.25) is 0 Å². The van der Waals surface area contributed by atoms with Gasteiger partial charge < -0.3 is 64.2 Å². The Morgan fingerprint density at radius 2 is 1.00 bits per heavy atom. The number of hydrogen-bond acceptors (Lipinski definition) is 14. The summed E-state index contributed by atoms with van der Waals surface area (Å²) in [7, 11) is 0. The van der Waals surface area contributed by atoms with Crippen molar-refractivity contribution < 1.29 is 69.0 Å². The van der Waals surface area contributed by atoms with Crippen molar-refractivity contribution in [2.75, 3.05) is 33.0 Å². The van der Waals surface area contributed by atoms with E-state index in [2.05, 4.69) is 38.2 Å². The van der Waals surface area contributed by atoms with Gasteiger partial charge in [0.05, 0.1) is 26.4 Å². The van der Waals surface area contributed by atoms with Crippen molar-refractivity contribution in [1.29, 1.82) is 0 Å². The highest BCUT2D eigenvalue weighted by Crippen LogP contribution is 2.26. The SMILES string of the molecule is CCCCCCC/C=C\C/C=C\CCCCCCCCCCCCOCC(COC1OC(COC2OC(CO)C(O)C(O)C2O)C(O)C(O)C1O)OC(=O)CCCCCCCC. The molecule has 0 radical (unpaired) electrons. The first-order valence-electron chi connectivity index (χ1n) is 24.4. The van der Waals surface area contributed by atoms with Crippen LogP contribution < -0.4 is 0 Å². The number of esters is 1. The van der Waals surface area contributed by atoms with Crippen molar-refractivity contribution in [2.45, 2.75) is 242 Å². The number of allylic oxidation sites excluding steroid dienone is 4. The van der Waals surface area contributed by atoms with Crippen LogP contribution in [0.2, 0.25) is 0 Å². The molecule has 2 aliphatic heterocycles. The summed E-state index contributed by atoms with van der Waals surface area (Å²) in [5, 5.41) is 71.8. The van der Waals surface area contributed by atoms with Crippen LogP contribution >= 0.6 is 0 Å². The third-order valence-corrected chi connectivity index (χ3v) is 11.7. The van der Waals surface area contributed by atoms with Gasteiger partial charge in [-0.3, -0.25) is 4.79 Å². The summed E-state index contributed by atoms with van der Waals surface area (Å²) in [6.45, 7) is 3.60. The van der Waals surface area contributed by atoms with Crippen molar-refractivity contribution in [3.8, 4) is 0 Å². The first-order valence-corrected chi connectivity index (χ1v) is 24.4. The monoisotopic (exact) mass is 889 g/mol. The fourth-order valence-corrected chi connectivity index (χ4v) is 7.67. The lowest BCUT2D eigenvalue weighted by molar-refractivity contribution is -0.332. The minimum absolute atomic E-state index is 0.0615. The zero-order chi connectivity index (χ0) is 45.2. The minimum atomic E-state index is -1.70. The quantitative estimate of drug-likeness (QED) is 0.0202. The lowest BCUT2D eigenvalue weighted by Gasteiger charge is -2.42. The smallest absolute Gasteiger partial charge is 0.306 e. The molecule has 0 aromatic rings. The predicted octanol–water partition coefficient (Wildman–Crippen LogP) is 6.46. The van der Waals surface area contributed by atoms with E-state index in [1.807, 2.05) is 0 Å². The molecule has 0 amide bonds. The Hall–Kier alpha value is -1.53. The minimum Gasteiger partial charge on any atom is -0.457 e. The highest BCUT2D eigenvalue weighted by atomic mass is 16.7. The molecule has 0 aromatic carbocycles. The van der Waals surface area contributed by atoms with Crippen LogP contribution in [0.1, 0.15) is 174 Å². The molecule has 2 heterocycles. The molecule has 62 heavy (non-hydrogen) atoms.